The van der Waals surface area contributed by atoms with Crippen molar-refractivity contribution in [2.75, 3.05) is 11.9 Å². The number of rotatable bonds is 12. The number of ether oxygens (including phenoxy) is 1. The van der Waals surface area contributed by atoms with Crippen LogP contribution in [0.15, 0.2) is 77.9 Å². The zero-order valence-corrected chi connectivity index (χ0v) is 19.8. The van der Waals surface area contributed by atoms with E-state index in [1.165, 1.54) is 56.2 Å². The molecule has 0 unspecified atom stereocenters. The molecule has 0 saturated heterocycles. The normalized spacial score (nSPS) is 10.8. The van der Waals surface area contributed by atoms with Crippen LogP contribution in [0.3, 0.4) is 0 Å². The minimum Gasteiger partial charge on any atom is -0.494 e. The van der Waals surface area contributed by atoms with Gasteiger partial charge in [-0.25, -0.2) is 9.82 Å². The molecule has 3 aromatic rings. The van der Waals surface area contributed by atoms with Gasteiger partial charge in [-0.1, -0.05) is 44.7 Å². The monoisotopic (exact) mass is 475 g/mol. The number of carbonyl (C=O) groups excluding carboxylic acids is 2. The Labute approximate surface area is 205 Å². The van der Waals surface area contributed by atoms with Crippen molar-refractivity contribution in [3.05, 3.63) is 95.3 Å². The Morgan fingerprint density at radius 1 is 0.886 bits per heavy atom. The fraction of sp³-hybridized carbons (Fsp3) is 0.250. The highest BCUT2D eigenvalue weighted by molar-refractivity contribution is 6.09. The Hall–Kier alpha value is -4.00. The number of anilines is 1. The van der Waals surface area contributed by atoms with Crippen LogP contribution in [0.2, 0.25) is 0 Å². The van der Waals surface area contributed by atoms with E-state index >= 15 is 0 Å². The van der Waals surface area contributed by atoms with Gasteiger partial charge in [0.2, 0.25) is 0 Å². The molecule has 0 aliphatic carbocycles. The van der Waals surface area contributed by atoms with Crippen LogP contribution in [-0.2, 0) is 0 Å². The van der Waals surface area contributed by atoms with E-state index < -0.39 is 17.6 Å². The van der Waals surface area contributed by atoms with Gasteiger partial charge >= 0.3 is 0 Å². The topological polar surface area (TPSA) is 79.8 Å². The van der Waals surface area contributed by atoms with E-state index in [0.29, 0.717) is 12.3 Å². The minimum atomic E-state index is -0.473. The standard InChI is InChI=1S/C28H30FN3O3/c1-2-3-4-5-8-19-35-24-17-11-21(12-18-24)20-30-32-28(34)25-9-6-7-10-26(25)31-27(33)22-13-15-23(29)16-14-22/h6-7,9-18,20H,2-5,8,19H2,1H3,(H,31,33)(H,32,34)/b30-20+. The molecule has 0 aliphatic rings. The molecule has 182 valence electrons. The molecular formula is C28H30FN3O3. The van der Waals surface area contributed by atoms with Crippen LogP contribution in [0.1, 0.15) is 65.3 Å². The summed E-state index contributed by atoms with van der Waals surface area (Å²) >= 11 is 0. The van der Waals surface area contributed by atoms with Gasteiger partial charge in [-0.15, -0.1) is 0 Å². The third kappa shape index (κ3) is 8.37. The number of hydrogen-bond donors (Lipinski definition) is 2. The lowest BCUT2D eigenvalue weighted by atomic mass is 10.1. The van der Waals surface area contributed by atoms with E-state index in [1.807, 2.05) is 24.3 Å². The van der Waals surface area contributed by atoms with Gasteiger partial charge < -0.3 is 10.1 Å². The Balaban J connectivity index is 1.51. The smallest absolute Gasteiger partial charge is 0.273 e. The summed E-state index contributed by atoms with van der Waals surface area (Å²) < 4.78 is 18.9. The van der Waals surface area contributed by atoms with Crippen molar-refractivity contribution >= 4 is 23.7 Å². The van der Waals surface area contributed by atoms with Gasteiger partial charge in [0.25, 0.3) is 11.8 Å². The summed E-state index contributed by atoms with van der Waals surface area (Å²) in [7, 11) is 0. The van der Waals surface area contributed by atoms with Crippen molar-refractivity contribution in [2.24, 2.45) is 5.10 Å². The molecule has 6 nitrogen and oxygen atoms in total. The summed E-state index contributed by atoms with van der Waals surface area (Å²) in [6.07, 6.45) is 7.49. The van der Waals surface area contributed by atoms with Crippen molar-refractivity contribution in [2.45, 2.75) is 39.0 Å². The maximum Gasteiger partial charge on any atom is 0.273 e. The molecule has 2 amide bonds. The van der Waals surface area contributed by atoms with Crippen molar-refractivity contribution in [3.8, 4) is 5.75 Å². The van der Waals surface area contributed by atoms with Crippen molar-refractivity contribution in [1.29, 1.82) is 0 Å². The van der Waals surface area contributed by atoms with E-state index in [4.69, 9.17) is 4.74 Å². The van der Waals surface area contributed by atoms with Gasteiger partial charge in [0.15, 0.2) is 0 Å². The maximum atomic E-state index is 13.1. The molecule has 0 aliphatic heterocycles. The fourth-order valence-electron chi connectivity index (χ4n) is 3.36. The van der Waals surface area contributed by atoms with Crippen molar-refractivity contribution in [3.63, 3.8) is 0 Å². The van der Waals surface area contributed by atoms with Crippen LogP contribution < -0.4 is 15.5 Å². The average molecular weight is 476 g/mol. The van der Waals surface area contributed by atoms with Crippen molar-refractivity contribution < 1.29 is 18.7 Å². The van der Waals surface area contributed by atoms with Crippen LogP contribution in [0.4, 0.5) is 10.1 Å². The molecule has 0 spiro atoms. The molecule has 0 aromatic heterocycles. The predicted octanol–water partition coefficient (Wildman–Crippen LogP) is 6.19. The van der Waals surface area contributed by atoms with Crippen LogP contribution in [-0.4, -0.2) is 24.6 Å². The number of carbonyl (C=O) groups is 2. The van der Waals surface area contributed by atoms with E-state index in [0.717, 1.165) is 17.7 Å². The number of nitrogens with zero attached hydrogens (tertiary/aromatic N) is 1. The van der Waals surface area contributed by atoms with Crippen LogP contribution in [0.5, 0.6) is 5.75 Å². The summed E-state index contributed by atoms with van der Waals surface area (Å²) in [5, 5.41) is 6.70. The van der Waals surface area contributed by atoms with E-state index in [9.17, 15) is 14.0 Å². The molecule has 3 rings (SSSR count). The Bertz CT molecular complexity index is 1130. The molecule has 0 atom stereocenters. The molecule has 35 heavy (non-hydrogen) atoms. The Morgan fingerprint density at radius 3 is 2.34 bits per heavy atom. The molecule has 0 radical (unpaired) electrons. The highest BCUT2D eigenvalue weighted by Gasteiger charge is 2.13. The van der Waals surface area contributed by atoms with Crippen LogP contribution >= 0.6 is 0 Å². The first kappa shape index (κ1) is 25.6. The average Bonchev–Trinajstić information content (AvgIpc) is 2.87. The Morgan fingerprint density at radius 2 is 1.60 bits per heavy atom. The molecule has 0 bridgehead atoms. The number of benzene rings is 3. The first-order chi connectivity index (χ1) is 17.1. The summed E-state index contributed by atoms with van der Waals surface area (Å²) in [5.74, 6) is -0.553. The van der Waals surface area contributed by atoms with E-state index in [1.54, 1.807) is 24.3 Å². The third-order valence-corrected chi connectivity index (χ3v) is 5.30. The molecular weight excluding hydrogens is 445 g/mol. The quantitative estimate of drug-likeness (QED) is 0.186. The fourth-order valence-corrected chi connectivity index (χ4v) is 3.36. The first-order valence-electron chi connectivity index (χ1n) is 11.8. The van der Waals surface area contributed by atoms with Crippen LogP contribution in [0, 0.1) is 5.82 Å². The Kier molecular flexibility index (Phi) is 9.99. The van der Waals surface area contributed by atoms with Gasteiger partial charge in [-0.2, -0.15) is 5.10 Å². The number of hydrogen-bond acceptors (Lipinski definition) is 4. The summed E-state index contributed by atoms with van der Waals surface area (Å²) in [6, 6.07) is 19.2. The van der Waals surface area contributed by atoms with E-state index in [-0.39, 0.29) is 11.1 Å². The van der Waals surface area contributed by atoms with Gasteiger partial charge in [-0.3, -0.25) is 9.59 Å². The lowest BCUT2D eigenvalue weighted by Gasteiger charge is -2.10. The number of halogens is 1. The number of amides is 2. The molecule has 0 heterocycles. The number of para-hydroxylation sites is 1. The summed E-state index contributed by atoms with van der Waals surface area (Å²) in [6.45, 7) is 2.90. The van der Waals surface area contributed by atoms with Gasteiger partial charge in [0.1, 0.15) is 11.6 Å². The SMILES string of the molecule is CCCCCCCOc1ccc(/C=N/NC(=O)c2ccccc2NC(=O)c2ccc(F)cc2)cc1. The highest BCUT2D eigenvalue weighted by atomic mass is 19.1. The van der Waals surface area contributed by atoms with Crippen molar-refractivity contribution in [1.82, 2.24) is 5.43 Å². The molecule has 0 saturated carbocycles. The van der Waals surface area contributed by atoms with Gasteiger partial charge in [0.05, 0.1) is 24.1 Å². The molecule has 2 N–H and O–H groups in total. The van der Waals surface area contributed by atoms with Gasteiger partial charge in [-0.05, 0) is 72.6 Å². The summed E-state index contributed by atoms with van der Waals surface area (Å²) in [5.41, 5.74) is 4.14. The van der Waals surface area contributed by atoms with E-state index in [2.05, 4.69) is 22.8 Å². The predicted molar refractivity (Wildman–Crippen MR) is 137 cm³/mol. The maximum absolute atomic E-state index is 13.1. The lowest BCUT2D eigenvalue weighted by Crippen LogP contribution is -2.21. The number of nitrogens with one attached hydrogen (secondary N) is 2. The van der Waals surface area contributed by atoms with Crippen LogP contribution in [0.25, 0.3) is 0 Å². The molecule has 0 fully saturated rings. The van der Waals surface area contributed by atoms with Gasteiger partial charge in [0, 0.05) is 5.56 Å². The first-order valence-corrected chi connectivity index (χ1v) is 11.8. The second kappa shape index (κ2) is 13.6. The summed E-state index contributed by atoms with van der Waals surface area (Å²) in [4.78, 5) is 25.1. The highest BCUT2D eigenvalue weighted by Crippen LogP contribution is 2.17. The second-order valence-corrected chi connectivity index (χ2v) is 8.04. The molecule has 7 heteroatoms. The lowest BCUT2D eigenvalue weighted by molar-refractivity contribution is 0.0956. The molecule has 3 aromatic carbocycles. The zero-order valence-electron chi connectivity index (χ0n) is 19.8. The third-order valence-electron chi connectivity index (χ3n) is 5.30. The second-order valence-electron chi connectivity index (χ2n) is 8.04. The largest absolute Gasteiger partial charge is 0.494 e. The number of unbranched alkanes of at least 4 members (excludes halogenated alkanes) is 4. The number of hydrazone groups is 1. The minimum absolute atomic E-state index is 0.253. The zero-order chi connectivity index (χ0) is 24.9.